The van der Waals surface area contributed by atoms with Gasteiger partial charge in [-0.3, -0.25) is 0 Å². The van der Waals surface area contributed by atoms with Crippen molar-refractivity contribution in [2.24, 2.45) is 23.2 Å². The highest BCUT2D eigenvalue weighted by atomic mass is 14.7. The van der Waals surface area contributed by atoms with Crippen LogP contribution >= 0.6 is 0 Å². The highest BCUT2D eigenvalue weighted by Gasteiger charge is 2.68. The molecule has 0 saturated heterocycles. The van der Waals surface area contributed by atoms with Gasteiger partial charge in [-0.1, -0.05) is 40.0 Å². The highest BCUT2D eigenvalue weighted by Crippen LogP contribution is 2.76. The second-order valence-corrected chi connectivity index (χ2v) is 5.84. The van der Waals surface area contributed by atoms with Gasteiger partial charge in [-0.25, -0.2) is 0 Å². The van der Waals surface area contributed by atoms with E-state index in [1.165, 1.54) is 31.6 Å². The van der Waals surface area contributed by atoms with E-state index < -0.39 is 0 Å². The predicted molar refractivity (Wildman–Crippen MR) is 62.2 cm³/mol. The normalized spacial score (nSPS) is 41.4. The second kappa shape index (κ2) is 3.87. The monoisotopic (exact) mass is 194 g/mol. The fourth-order valence-electron chi connectivity index (χ4n) is 3.74. The summed E-state index contributed by atoms with van der Waals surface area (Å²) in [5.41, 5.74) is 0.888. The van der Waals surface area contributed by atoms with Crippen molar-refractivity contribution in [2.45, 2.75) is 65.7 Å². The van der Waals surface area contributed by atoms with E-state index >= 15 is 0 Å². The molecule has 0 N–H and O–H groups in total. The first-order valence-corrected chi connectivity index (χ1v) is 6.74. The van der Waals surface area contributed by atoms with Gasteiger partial charge in [0.1, 0.15) is 0 Å². The Morgan fingerprint density at radius 1 is 1.36 bits per heavy atom. The van der Waals surface area contributed by atoms with E-state index in [4.69, 9.17) is 0 Å². The lowest BCUT2D eigenvalue weighted by Crippen LogP contribution is -2.14. The van der Waals surface area contributed by atoms with Crippen LogP contribution < -0.4 is 0 Å². The molecule has 0 heteroatoms. The summed E-state index contributed by atoms with van der Waals surface area (Å²) in [7, 11) is 0. The molecule has 14 heavy (non-hydrogen) atoms. The number of hydrogen-bond donors (Lipinski definition) is 0. The van der Waals surface area contributed by atoms with E-state index in [0.717, 1.165) is 17.3 Å². The van der Waals surface area contributed by atoms with Gasteiger partial charge in [-0.2, -0.15) is 0 Å². The molecule has 0 amide bonds. The number of rotatable bonds is 6. The van der Waals surface area contributed by atoms with Gasteiger partial charge in [0.15, 0.2) is 0 Å². The molecule has 0 nitrogen and oxygen atoms in total. The minimum Gasteiger partial charge on any atom is -0.0654 e. The predicted octanol–water partition coefficient (Wildman–Crippen LogP) is 4.64. The third-order valence-electron chi connectivity index (χ3n) is 5.12. The van der Waals surface area contributed by atoms with Gasteiger partial charge in [-0.05, 0) is 48.9 Å². The van der Waals surface area contributed by atoms with Crippen LogP contribution in [0.15, 0.2) is 0 Å². The third-order valence-corrected chi connectivity index (χ3v) is 5.12. The summed E-state index contributed by atoms with van der Waals surface area (Å²) in [5, 5.41) is 0. The van der Waals surface area contributed by atoms with Crippen LogP contribution in [0.5, 0.6) is 0 Å². The Kier molecular flexibility index (Phi) is 2.91. The van der Waals surface area contributed by atoms with Crippen molar-refractivity contribution in [1.29, 1.82) is 0 Å². The summed E-state index contributed by atoms with van der Waals surface area (Å²) in [4.78, 5) is 0. The number of hydrogen-bond acceptors (Lipinski definition) is 0. The molecule has 82 valence electrons. The molecule has 0 aliphatic heterocycles. The maximum absolute atomic E-state index is 2.44. The van der Waals surface area contributed by atoms with Gasteiger partial charge in [0.2, 0.25) is 0 Å². The summed E-state index contributed by atoms with van der Waals surface area (Å²) in [6.45, 7) is 7.11. The Bertz CT molecular complexity index is 196. The quantitative estimate of drug-likeness (QED) is 0.578. The smallest absolute Gasteiger partial charge is 0.0235 e. The summed E-state index contributed by atoms with van der Waals surface area (Å²) in [5.74, 6) is 3.29. The molecule has 2 fully saturated rings. The maximum atomic E-state index is 2.44. The first-order valence-electron chi connectivity index (χ1n) is 6.74. The van der Waals surface area contributed by atoms with Crippen molar-refractivity contribution in [1.82, 2.24) is 0 Å². The zero-order chi connectivity index (χ0) is 10.2. The molecule has 0 aromatic carbocycles. The molecule has 2 rings (SSSR count). The second-order valence-electron chi connectivity index (χ2n) is 5.84. The molecule has 2 aliphatic rings. The van der Waals surface area contributed by atoms with Gasteiger partial charge < -0.3 is 0 Å². The van der Waals surface area contributed by atoms with E-state index in [0.29, 0.717) is 0 Å². The zero-order valence-corrected chi connectivity index (χ0v) is 10.2. The fraction of sp³-hybridized carbons (Fsp3) is 1.00. The van der Waals surface area contributed by atoms with Crippen LogP contribution in [0.4, 0.5) is 0 Å². The Morgan fingerprint density at radius 3 is 2.64 bits per heavy atom. The zero-order valence-electron chi connectivity index (χ0n) is 10.2. The Morgan fingerprint density at radius 2 is 2.14 bits per heavy atom. The van der Waals surface area contributed by atoms with Crippen molar-refractivity contribution in [3.63, 3.8) is 0 Å². The van der Waals surface area contributed by atoms with Crippen LogP contribution in [0.3, 0.4) is 0 Å². The van der Waals surface area contributed by atoms with Crippen LogP contribution in [0, 0.1) is 23.2 Å². The van der Waals surface area contributed by atoms with Crippen molar-refractivity contribution in [2.75, 3.05) is 0 Å². The summed E-state index contributed by atoms with van der Waals surface area (Å²) in [6, 6.07) is 0. The van der Waals surface area contributed by atoms with E-state index in [9.17, 15) is 0 Å². The number of unbranched alkanes of at least 4 members (excludes halogenated alkanes) is 1. The van der Waals surface area contributed by atoms with Crippen LogP contribution in [0.2, 0.25) is 0 Å². The van der Waals surface area contributed by atoms with Crippen LogP contribution in [0.25, 0.3) is 0 Å². The van der Waals surface area contributed by atoms with Gasteiger partial charge in [0.05, 0.1) is 0 Å². The van der Waals surface area contributed by atoms with Gasteiger partial charge in [0, 0.05) is 0 Å². The molecule has 0 aromatic heterocycles. The molecule has 0 spiro atoms. The van der Waals surface area contributed by atoms with Crippen LogP contribution in [-0.4, -0.2) is 0 Å². The molecule has 4 atom stereocenters. The van der Waals surface area contributed by atoms with Crippen molar-refractivity contribution >= 4 is 0 Å². The van der Waals surface area contributed by atoms with Gasteiger partial charge in [-0.15, -0.1) is 0 Å². The lowest BCUT2D eigenvalue weighted by atomic mass is 9.80. The van der Waals surface area contributed by atoms with Gasteiger partial charge >= 0.3 is 0 Å². The average Bonchev–Trinajstić information content (AvgIpc) is 2.58. The van der Waals surface area contributed by atoms with Crippen LogP contribution in [-0.2, 0) is 0 Å². The molecule has 2 saturated carbocycles. The topological polar surface area (TPSA) is 0 Å². The maximum Gasteiger partial charge on any atom is -0.0235 e. The molecule has 4 unspecified atom stereocenters. The van der Waals surface area contributed by atoms with E-state index in [2.05, 4.69) is 20.8 Å². The molecule has 0 bridgehead atoms. The first kappa shape index (κ1) is 10.5. The molecule has 2 aliphatic carbocycles. The fourth-order valence-corrected chi connectivity index (χ4v) is 3.74. The molecular weight excluding hydrogens is 168 g/mol. The molecular formula is C14H26. The summed E-state index contributed by atoms with van der Waals surface area (Å²) >= 11 is 0. The molecule has 0 radical (unpaired) electrons. The SMILES string of the molecule is CCCCC12CCC1C2CC(C)CC. The van der Waals surface area contributed by atoms with E-state index in [1.54, 1.807) is 19.3 Å². The summed E-state index contributed by atoms with van der Waals surface area (Å²) in [6.07, 6.45) is 10.5. The molecule has 0 heterocycles. The van der Waals surface area contributed by atoms with Crippen LogP contribution in [0.1, 0.15) is 65.7 Å². The minimum atomic E-state index is 0.888. The van der Waals surface area contributed by atoms with Crippen molar-refractivity contribution in [3.05, 3.63) is 0 Å². The Hall–Kier alpha value is 0. The average molecular weight is 194 g/mol. The Labute approximate surface area is 89.5 Å². The van der Waals surface area contributed by atoms with E-state index in [-0.39, 0.29) is 0 Å². The highest BCUT2D eigenvalue weighted by molar-refractivity contribution is 5.17. The number of fused-ring (bicyclic) bond motifs is 1. The minimum absolute atomic E-state index is 0.888. The van der Waals surface area contributed by atoms with Crippen molar-refractivity contribution < 1.29 is 0 Å². The lowest BCUT2D eigenvalue weighted by Gasteiger charge is -2.25. The first-order chi connectivity index (χ1) is 6.74. The van der Waals surface area contributed by atoms with Crippen molar-refractivity contribution in [3.8, 4) is 0 Å². The van der Waals surface area contributed by atoms with E-state index in [1.807, 2.05) is 0 Å². The largest absolute Gasteiger partial charge is 0.0654 e. The Balaban J connectivity index is 1.80. The third kappa shape index (κ3) is 1.51. The lowest BCUT2D eigenvalue weighted by molar-refractivity contribution is 0.256. The molecule has 0 aromatic rings. The summed E-state index contributed by atoms with van der Waals surface area (Å²) < 4.78 is 0. The standard InChI is InChI=1S/C14H26/c1-4-6-8-14-9-7-12(14)13(14)10-11(3)5-2/h11-13H,4-10H2,1-3H3. The van der Waals surface area contributed by atoms with Gasteiger partial charge in [0.25, 0.3) is 0 Å².